The molecule has 0 aromatic rings. The Labute approximate surface area is 91.7 Å². The molecular weight excluding hydrogens is 187 g/mol. The lowest BCUT2D eigenvalue weighted by Crippen LogP contribution is -1.99. The Morgan fingerprint density at radius 3 is 2.57 bits per heavy atom. The van der Waals surface area contributed by atoms with Gasteiger partial charge in [-0.05, 0) is 51.4 Å². The second-order valence-corrected chi connectivity index (χ2v) is 5.10. The normalized spacial score (nSPS) is 14.1. The second-order valence-electron chi connectivity index (χ2n) is 3.71. The van der Waals surface area contributed by atoms with Gasteiger partial charge < -0.3 is 0 Å². The minimum Gasteiger partial charge on any atom is -0.122 e. The zero-order chi connectivity index (χ0) is 10.6. The summed E-state index contributed by atoms with van der Waals surface area (Å²) in [5.41, 5.74) is 0.969. The van der Waals surface area contributed by atoms with Crippen LogP contribution in [0.3, 0.4) is 0 Å². The zero-order valence-corrected chi connectivity index (χ0v) is 10.8. The van der Waals surface area contributed by atoms with Gasteiger partial charge in [-0.2, -0.15) is 0 Å². The van der Waals surface area contributed by atoms with Gasteiger partial charge in [-0.3, -0.25) is 0 Å². The fourth-order valence-electron chi connectivity index (χ4n) is 1.58. The Bertz CT molecular complexity index is 149. The van der Waals surface area contributed by atoms with E-state index in [-0.39, 0.29) is 0 Å². The summed E-state index contributed by atoms with van der Waals surface area (Å²) in [4.78, 5) is 0. The van der Waals surface area contributed by atoms with Crippen LogP contribution in [0.2, 0.25) is 0 Å². The van der Waals surface area contributed by atoms with Crippen molar-refractivity contribution in [2.24, 2.45) is 0 Å². The van der Waals surface area contributed by atoms with Crippen molar-refractivity contribution in [2.45, 2.75) is 51.1 Å². The Balaban J connectivity index is 3.42. The molecule has 0 bridgehead atoms. The second kappa shape index (κ2) is 11.0. The van der Waals surface area contributed by atoms with Gasteiger partial charge in [0.1, 0.15) is 0 Å². The van der Waals surface area contributed by atoms with Crippen molar-refractivity contribution in [1.82, 2.24) is 0 Å². The monoisotopic (exact) mass is 212 g/mol. The fraction of sp³-hybridized carbons (Fsp3) is 0.692. The van der Waals surface area contributed by atoms with Gasteiger partial charge in [-0.1, -0.05) is 24.6 Å². The smallest absolute Gasteiger partial charge is 0.0236 e. The molecule has 0 nitrogen and oxygen atoms in total. The third-order valence-electron chi connectivity index (χ3n) is 2.54. The summed E-state index contributed by atoms with van der Waals surface area (Å²) in [5.74, 6) is 0. The van der Waals surface area contributed by atoms with Crippen LogP contribution < -0.4 is 0 Å². The summed E-state index contributed by atoms with van der Waals surface area (Å²) in [5, 5.41) is 0. The van der Waals surface area contributed by atoms with Crippen LogP contribution in [0.25, 0.3) is 0 Å². The highest BCUT2D eigenvalue weighted by molar-refractivity contribution is 7.37. The number of unbranched alkanes of at least 4 members (excludes halogenated alkanes) is 2. The molecule has 0 saturated carbocycles. The average molecular weight is 212 g/mol. The molecule has 0 aliphatic heterocycles. The van der Waals surface area contributed by atoms with Crippen LogP contribution >= 0.6 is 8.58 Å². The molecule has 2 unspecified atom stereocenters. The van der Waals surface area contributed by atoms with Crippen molar-refractivity contribution in [3.63, 3.8) is 0 Å². The van der Waals surface area contributed by atoms with E-state index >= 15 is 0 Å². The van der Waals surface area contributed by atoms with Crippen molar-refractivity contribution in [1.29, 1.82) is 0 Å². The van der Waals surface area contributed by atoms with E-state index in [1.165, 1.54) is 38.5 Å². The molecule has 0 aliphatic rings. The highest BCUT2D eigenvalue weighted by atomic mass is 31.1. The lowest BCUT2D eigenvalue weighted by atomic mass is 10.1. The minimum atomic E-state index is 0.969. The van der Waals surface area contributed by atoms with Gasteiger partial charge in [0.25, 0.3) is 0 Å². The summed E-state index contributed by atoms with van der Waals surface area (Å²) in [6, 6.07) is 0. The Kier molecular flexibility index (Phi) is 10.9. The van der Waals surface area contributed by atoms with Crippen LogP contribution in [0, 0.1) is 0 Å². The SMILES string of the molecule is C=CCCCCC(CCC=CC)PC. The molecule has 0 spiro atoms. The van der Waals surface area contributed by atoms with Gasteiger partial charge in [0.05, 0.1) is 0 Å². The molecule has 0 amide bonds. The summed E-state index contributed by atoms with van der Waals surface area (Å²) < 4.78 is 0. The van der Waals surface area contributed by atoms with Crippen LogP contribution in [-0.2, 0) is 0 Å². The molecule has 0 aromatic carbocycles. The number of rotatable bonds is 9. The predicted octanol–water partition coefficient (Wildman–Crippen LogP) is 4.77. The molecule has 0 aromatic heterocycles. The third-order valence-corrected chi connectivity index (χ3v) is 3.93. The van der Waals surface area contributed by atoms with E-state index < -0.39 is 0 Å². The van der Waals surface area contributed by atoms with E-state index in [0.717, 1.165) is 14.2 Å². The lowest BCUT2D eigenvalue weighted by Gasteiger charge is -2.12. The predicted molar refractivity (Wildman–Crippen MR) is 70.7 cm³/mol. The number of hydrogen-bond acceptors (Lipinski definition) is 0. The molecule has 0 saturated heterocycles. The standard InChI is InChI=1S/C13H25P/c1-4-6-8-10-12-13(14-3)11-9-7-5-2/h4-5,7,13-14H,1,6,8-12H2,2-3H3. The molecule has 0 aliphatic carbocycles. The molecule has 0 radical (unpaired) electrons. The number of hydrogen-bond donors (Lipinski definition) is 0. The fourth-order valence-corrected chi connectivity index (χ4v) is 2.52. The van der Waals surface area contributed by atoms with E-state index in [1.807, 2.05) is 6.08 Å². The van der Waals surface area contributed by atoms with Gasteiger partial charge >= 0.3 is 0 Å². The molecule has 1 heteroatoms. The van der Waals surface area contributed by atoms with Gasteiger partial charge in [-0.15, -0.1) is 15.2 Å². The largest absolute Gasteiger partial charge is 0.122 e. The molecule has 0 rings (SSSR count). The van der Waals surface area contributed by atoms with Crippen molar-refractivity contribution < 1.29 is 0 Å². The van der Waals surface area contributed by atoms with Crippen molar-refractivity contribution >= 4 is 8.58 Å². The maximum absolute atomic E-state index is 3.75. The summed E-state index contributed by atoms with van der Waals surface area (Å²) >= 11 is 0. The zero-order valence-electron chi connectivity index (χ0n) is 9.76. The molecule has 2 atom stereocenters. The first-order valence-electron chi connectivity index (χ1n) is 5.74. The van der Waals surface area contributed by atoms with Gasteiger partial charge in [0, 0.05) is 0 Å². The van der Waals surface area contributed by atoms with Crippen LogP contribution in [-0.4, -0.2) is 12.3 Å². The first kappa shape index (κ1) is 13.9. The summed E-state index contributed by atoms with van der Waals surface area (Å²) in [6.45, 7) is 8.20. The highest BCUT2D eigenvalue weighted by Crippen LogP contribution is 2.25. The van der Waals surface area contributed by atoms with Crippen molar-refractivity contribution in [2.75, 3.05) is 6.66 Å². The van der Waals surface area contributed by atoms with Crippen LogP contribution in [0.15, 0.2) is 24.8 Å². The Hall–Kier alpha value is -0.0900. The lowest BCUT2D eigenvalue weighted by molar-refractivity contribution is 0.632. The molecular formula is C13H25P. The van der Waals surface area contributed by atoms with E-state index in [1.54, 1.807) is 0 Å². The third kappa shape index (κ3) is 8.51. The van der Waals surface area contributed by atoms with E-state index in [9.17, 15) is 0 Å². The molecule has 14 heavy (non-hydrogen) atoms. The number of allylic oxidation sites excluding steroid dienone is 3. The van der Waals surface area contributed by atoms with Crippen LogP contribution in [0.5, 0.6) is 0 Å². The molecule has 0 heterocycles. The first-order chi connectivity index (χ1) is 6.85. The van der Waals surface area contributed by atoms with Gasteiger partial charge in [0.2, 0.25) is 0 Å². The topological polar surface area (TPSA) is 0 Å². The maximum Gasteiger partial charge on any atom is -0.0236 e. The van der Waals surface area contributed by atoms with Crippen LogP contribution in [0.4, 0.5) is 0 Å². The van der Waals surface area contributed by atoms with Crippen LogP contribution in [0.1, 0.15) is 45.4 Å². The molecule has 0 N–H and O–H groups in total. The minimum absolute atomic E-state index is 0.969. The van der Waals surface area contributed by atoms with E-state index in [4.69, 9.17) is 0 Å². The van der Waals surface area contributed by atoms with E-state index in [2.05, 4.69) is 32.3 Å². The van der Waals surface area contributed by atoms with E-state index in [0.29, 0.717) is 0 Å². The van der Waals surface area contributed by atoms with Gasteiger partial charge in [0.15, 0.2) is 0 Å². The summed E-state index contributed by atoms with van der Waals surface area (Å²) in [7, 11) is 1.11. The van der Waals surface area contributed by atoms with Crippen molar-refractivity contribution in [3.8, 4) is 0 Å². The Morgan fingerprint density at radius 1 is 1.21 bits per heavy atom. The maximum atomic E-state index is 3.75. The van der Waals surface area contributed by atoms with Crippen molar-refractivity contribution in [3.05, 3.63) is 24.8 Å². The first-order valence-corrected chi connectivity index (χ1v) is 7.32. The van der Waals surface area contributed by atoms with Gasteiger partial charge in [-0.25, -0.2) is 0 Å². The Morgan fingerprint density at radius 2 is 2.00 bits per heavy atom. The molecule has 82 valence electrons. The molecule has 0 fully saturated rings. The quantitative estimate of drug-likeness (QED) is 0.293. The average Bonchev–Trinajstić information content (AvgIpc) is 2.22. The highest BCUT2D eigenvalue weighted by Gasteiger charge is 2.03. The summed E-state index contributed by atoms with van der Waals surface area (Å²) in [6.07, 6.45) is 14.4.